The minimum atomic E-state index is 0.124. The van der Waals surface area contributed by atoms with Crippen molar-refractivity contribution in [3.05, 3.63) is 10.6 Å². The summed E-state index contributed by atoms with van der Waals surface area (Å²) in [5.74, 6) is 0.844. The predicted octanol–water partition coefficient (Wildman–Crippen LogP) is 2.82. The zero-order chi connectivity index (χ0) is 12.4. The third-order valence-electron chi connectivity index (χ3n) is 3.61. The third kappa shape index (κ3) is 2.80. The van der Waals surface area contributed by atoms with Crippen molar-refractivity contribution in [3.8, 4) is 0 Å². The molecule has 1 aliphatic rings. The van der Waals surface area contributed by atoms with Crippen LogP contribution in [0.3, 0.4) is 0 Å². The summed E-state index contributed by atoms with van der Waals surface area (Å²) in [5.41, 5.74) is 1.09. The lowest BCUT2D eigenvalue weighted by Crippen LogP contribution is -2.30. The third-order valence-corrected chi connectivity index (χ3v) is 4.79. The van der Waals surface area contributed by atoms with Crippen molar-refractivity contribution < 1.29 is 5.11 Å². The van der Waals surface area contributed by atoms with E-state index in [1.807, 2.05) is 0 Å². The van der Waals surface area contributed by atoms with Crippen LogP contribution in [0.5, 0.6) is 0 Å². The summed E-state index contributed by atoms with van der Waals surface area (Å²) in [4.78, 5) is 8.00. The first-order chi connectivity index (χ1) is 8.17. The van der Waals surface area contributed by atoms with Crippen LogP contribution in [-0.4, -0.2) is 23.2 Å². The van der Waals surface area contributed by atoms with Crippen LogP contribution < -0.4 is 4.90 Å². The Kier molecular flexibility index (Phi) is 4.05. The van der Waals surface area contributed by atoms with Gasteiger partial charge in [-0.15, -0.1) is 0 Å². The van der Waals surface area contributed by atoms with E-state index in [0.717, 1.165) is 34.5 Å². The highest BCUT2D eigenvalue weighted by molar-refractivity contribution is 7.15. The van der Waals surface area contributed by atoms with Gasteiger partial charge in [-0.3, -0.25) is 0 Å². The van der Waals surface area contributed by atoms with Gasteiger partial charge in [-0.2, -0.15) is 0 Å². The van der Waals surface area contributed by atoms with Gasteiger partial charge < -0.3 is 10.0 Å². The fraction of sp³-hybridized carbons (Fsp3) is 0.769. The van der Waals surface area contributed by atoms with E-state index >= 15 is 0 Å². The molecule has 1 aliphatic carbocycles. The molecule has 96 valence electrons. The fourth-order valence-corrected chi connectivity index (χ4v) is 3.16. The van der Waals surface area contributed by atoms with Gasteiger partial charge in [0.1, 0.15) is 0 Å². The van der Waals surface area contributed by atoms with Crippen molar-refractivity contribution in [2.24, 2.45) is 5.92 Å². The van der Waals surface area contributed by atoms with Crippen LogP contribution in [0.15, 0.2) is 0 Å². The zero-order valence-electron chi connectivity index (χ0n) is 10.9. The number of anilines is 1. The Labute approximate surface area is 107 Å². The Balaban J connectivity index is 2.13. The van der Waals surface area contributed by atoms with Gasteiger partial charge in [0.15, 0.2) is 5.13 Å². The van der Waals surface area contributed by atoms with Gasteiger partial charge in [-0.05, 0) is 32.1 Å². The molecule has 1 fully saturated rings. The van der Waals surface area contributed by atoms with E-state index in [0.29, 0.717) is 6.04 Å². The Morgan fingerprint density at radius 3 is 2.76 bits per heavy atom. The Bertz CT molecular complexity index is 373. The van der Waals surface area contributed by atoms with Crippen molar-refractivity contribution in [1.82, 2.24) is 4.98 Å². The number of hydrogen-bond donors (Lipinski definition) is 1. The van der Waals surface area contributed by atoms with Crippen LogP contribution in [0.2, 0.25) is 0 Å². The molecular weight excluding hydrogens is 232 g/mol. The minimum Gasteiger partial charge on any atom is -0.391 e. The Morgan fingerprint density at radius 2 is 2.24 bits per heavy atom. The van der Waals surface area contributed by atoms with Crippen LogP contribution in [0.4, 0.5) is 5.13 Å². The zero-order valence-corrected chi connectivity index (χ0v) is 11.8. The molecule has 2 rings (SSSR count). The molecule has 4 heteroatoms. The maximum Gasteiger partial charge on any atom is 0.185 e. The van der Waals surface area contributed by atoms with Crippen molar-refractivity contribution in [2.75, 3.05) is 11.9 Å². The number of aromatic nitrogens is 1. The van der Waals surface area contributed by atoms with Crippen LogP contribution in [0.25, 0.3) is 0 Å². The molecular formula is C13H22N2OS. The van der Waals surface area contributed by atoms with Crippen LogP contribution in [0, 0.1) is 5.92 Å². The SMILES string of the molecule is CCCc1nc(N(C)C(C)C2CC2)sc1CO. The molecule has 1 aromatic rings. The number of aliphatic hydroxyl groups is 1. The molecule has 3 nitrogen and oxygen atoms in total. The van der Waals surface area contributed by atoms with Gasteiger partial charge in [0.25, 0.3) is 0 Å². The summed E-state index contributed by atoms with van der Waals surface area (Å²) >= 11 is 1.65. The van der Waals surface area contributed by atoms with E-state index in [2.05, 4.69) is 30.8 Å². The van der Waals surface area contributed by atoms with Crippen molar-refractivity contribution in [1.29, 1.82) is 0 Å². The quantitative estimate of drug-likeness (QED) is 0.848. The second kappa shape index (κ2) is 5.36. The number of hydrogen-bond acceptors (Lipinski definition) is 4. The smallest absolute Gasteiger partial charge is 0.185 e. The van der Waals surface area contributed by atoms with E-state index in [4.69, 9.17) is 0 Å². The highest BCUT2D eigenvalue weighted by Gasteiger charge is 2.31. The largest absolute Gasteiger partial charge is 0.391 e. The van der Waals surface area contributed by atoms with Gasteiger partial charge in [-0.25, -0.2) is 4.98 Å². The fourth-order valence-electron chi connectivity index (χ4n) is 2.15. The summed E-state index contributed by atoms with van der Waals surface area (Å²) < 4.78 is 0. The van der Waals surface area contributed by atoms with Crippen LogP contribution >= 0.6 is 11.3 Å². The molecule has 1 atom stereocenters. The van der Waals surface area contributed by atoms with E-state index < -0.39 is 0 Å². The number of rotatable bonds is 6. The number of aryl methyl sites for hydroxylation is 1. The second-order valence-corrected chi connectivity index (χ2v) is 6.03. The molecule has 1 N–H and O–H groups in total. The molecule has 0 bridgehead atoms. The molecule has 0 aromatic carbocycles. The van der Waals surface area contributed by atoms with Crippen molar-refractivity contribution in [3.63, 3.8) is 0 Å². The summed E-state index contributed by atoms with van der Waals surface area (Å²) in [5, 5.41) is 10.4. The van der Waals surface area contributed by atoms with E-state index in [9.17, 15) is 5.11 Å². The van der Waals surface area contributed by atoms with Crippen molar-refractivity contribution >= 4 is 16.5 Å². The molecule has 0 spiro atoms. The molecule has 0 saturated heterocycles. The molecule has 1 unspecified atom stereocenters. The maximum absolute atomic E-state index is 9.35. The van der Waals surface area contributed by atoms with Gasteiger partial charge >= 0.3 is 0 Å². The predicted molar refractivity (Wildman–Crippen MR) is 72.6 cm³/mol. The van der Waals surface area contributed by atoms with Gasteiger partial charge in [-0.1, -0.05) is 24.7 Å². The van der Waals surface area contributed by atoms with Gasteiger partial charge in [0.05, 0.1) is 17.2 Å². The summed E-state index contributed by atoms with van der Waals surface area (Å²) in [6, 6.07) is 0.571. The average molecular weight is 254 g/mol. The minimum absolute atomic E-state index is 0.124. The topological polar surface area (TPSA) is 36.4 Å². The van der Waals surface area contributed by atoms with Crippen molar-refractivity contribution in [2.45, 2.75) is 52.2 Å². The molecule has 0 amide bonds. The van der Waals surface area contributed by atoms with E-state index in [1.165, 1.54) is 12.8 Å². The highest BCUT2D eigenvalue weighted by Crippen LogP contribution is 2.37. The number of nitrogens with zero attached hydrogens (tertiary/aromatic N) is 2. The van der Waals surface area contributed by atoms with Gasteiger partial charge in [0.2, 0.25) is 0 Å². The summed E-state index contributed by atoms with van der Waals surface area (Å²) in [6.45, 7) is 4.55. The molecule has 0 aliphatic heterocycles. The number of thiazole rings is 1. The first-order valence-electron chi connectivity index (χ1n) is 6.49. The first kappa shape index (κ1) is 12.8. The lowest BCUT2D eigenvalue weighted by atomic mass is 10.2. The lowest BCUT2D eigenvalue weighted by molar-refractivity contribution is 0.284. The summed E-state index contributed by atoms with van der Waals surface area (Å²) in [7, 11) is 2.12. The second-order valence-electron chi connectivity index (χ2n) is 4.96. The standard InChI is InChI=1S/C13H22N2OS/c1-4-5-11-12(8-16)17-13(14-11)15(3)9(2)10-6-7-10/h9-10,16H,4-8H2,1-3H3. The Hall–Kier alpha value is -0.610. The molecule has 0 radical (unpaired) electrons. The molecule has 1 aromatic heterocycles. The number of aliphatic hydroxyl groups excluding tert-OH is 1. The van der Waals surface area contributed by atoms with Crippen LogP contribution in [-0.2, 0) is 13.0 Å². The lowest BCUT2D eigenvalue weighted by Gasteiger charge is -2.23. The average Bonchev–Trinajstić information content (AvgIpc) is 3.10. The van der Waals surface area contributed by atoms with E-state index in [-0.39, 0.29) is 6.61 Å². The highest BCUT2D eigenvalue weighted by atomic mass is 32.1. The Morgan fingerprint density at radius 1 is 1.53 bits per heavy atom. The normalized spacial score (nSPS) is 17.2. The molecule has 1 saturated carbocycles. The molecule has 1 heterocycles. The molecule has 17 heavy (non-hydrogen) atoms. The monoisotopic (exact) mass is 254 g/mol. The van der Waals surface area contributed by atoms with Crippen LogP contribution in [0.1, 0.15) is 43.7 Å². The summed E-state index contributed by atoms with van der Waals surface area (Å²) in [6.07, 6.45) is 4.76. The van der Waals surface area contributed by atoms with Gasteiger partial charge in [0, 0.05) is 13.1 Å². The first-order valence-corrected chi connectivity index (χ1v) is 7.31. The van der Waals surface area contributed by atoms with E-state index in [1.54, 1.807) is 11.3 Å². The maximum atomic E-state index is 9.35.